The Kier molecular flexibility index (Phi) is 4.92. The molecule has 5 heteroatoms. The third-order valence-electron chi connectivity index (χ3n) is 5.63. The minimum atomic E-state index is -0.233. The molecule has 1 saturated heterocycles. The number of halogens is 1. The van der Waals surface area contributed by atoms with Crippen molar-refractivity contribution >= 4 is 11.6 Å². The quantitative estimate of drug-likeness (QED) is 0.669. The van der Waals surface area contributed by atoms with E-state index in [0.29, 0.717) is 17.9 Å². The van der Waals surface area contributed by atoms with Crippen molar-refractivity contribution in [3.63, 3.8) is 0 Å². The van der Waals surface area contributed by atoms with Crippen LogP contribution in [0.4, 0.5) is 4.39 Å². The zero-order chi connectivity index (χ0) is 19.8. The first-order valence-electron chi connectivity index (χ1n) is 9.94. The molecule has 4 nitrogen and oxygen atoms in total. The SMILES string of the molecule is Cc1ccc2nc(-c3ccc(F)c(C)c3)c(CC(=O)N3CCCC(C)C3)n2c1. The molecule has 1 aromatic carbocycles. The number of aromatic nitrogens is 2. The highest BCUT2D eigenvalue weighted by atomic mass is 19.1. The molecule has 1 aliphatic rings. The molecule has 0 N–H and O–H groups in total. The summed E-state index contributed by atoms with van der Waals surface area (Å²) >= 11 is 0. The molecule has 0 bridgehead atoms. The third kappa shape index (κ3) is 3.53. The maximum absolute atomic E-state index is 13.8. The van der Waals surface area contributed by atoms with Gasteiger partial charge < -0.3 is 9.30 Å². The summed E-state index contributed by atoms with van der Waals surface area (Å²) in [6.07, 6.45) is 4.55. The van der Waals surface area contributed by atoms with Gasteiger partial charge in [0.15, 0.2) is 0 Å². The number of nitrogens with zero attached hydrogens (tertiary/aromatic N) is 3. The van der Waals surface area contributed by atoms with Crippen LogP contribution >= 0.6 is 0 Å². The number of carbonyl (C=O) groups excluding carboxylic acids is 1. The fraction of sp³-hybridized carbons (Fsp3) is 0.391. The Morgan fingerprint density at radius 3 is 2.82 bits per heavy atom. The van der Waals surface area contributed by atoms with E-state index in [1.165, 1.54) is 12.5 Å². The summed E-state index contributed by atoms with van der Waals surface area (Å²) in [6, 6.07) is 9.00. The molecular weight excluding hydrogens is 353 g/mol. The van der Waals surface area contributed by atoms with Gasteiger partial charge in [0.25, 0.3) is 0 Å². The van der Waals surface area contributed by atoms with Gasteiger partial charge in [0.05, 0.1) is 17.8 Å². The molecule has 1 amide bonds. The molecule has 0 spiro atoms. The fourth-order valence-corrected chi connectivity index (χ4v) is 4.06. The van der Waals surface area contributed by atoms with Crippen molar-refractivity contribution in [2.75, 3.05) is 13.1 Å². The average molecular weight is 379 g/mol. The molecule has 1 aliphatic heterocycles. The molecule has 1 unspecified atom stereocenters. The van der Waals surface area contributed by atoms with Crippen LogP contribution in [0, 0.1) is 25.6 Å². The van der Waals surface area contributed by atoms with E-state index in [4.69, 9.17) is 4.98 Å². The van der Waals surface area contributed by atoms with Crippen LogP contribution in [0.5, 0.6) is 0 Å². The van der Waals surface area contributed by atoms with E-state index in [1.54, 1.807) is 19.1 Å². The first-order chi connectivity index (χ1) is 13.4. The van der Waals surface area contributed by atoms with E-state index in [1.807, 2.05) is 34.6 Å². The largest absolute Gasteiger partial charge is 0.342 e. The maximum atomic E-state index is 13.8. The van der Waals surface area contributed by atoms with Gasteiger partial charge in [0.2, 0.25) is 5.91 Å². The maximum Gasteiger partial charge on any atom is 0.228 e. The minimum Gasteiger partial charge on any atom is -0.342 e. The number of likely N-dealkylation sites (tertiary alicyclic amines) is 1. The molecule has 3 heterocycles. The smallest absolute Gasteiger partial charge is 0.228 e. The summed E-state index contributed by atoms with van der Waals surface area (Å²) in [7, 11) is 0. The zero-order valence-electron chi connectivity index (χ0n) is 16.7. The molecule has 0 saturated carbocycles. The van der Waals surface area contributed by atoms with E-state index < -0.39 is 0 Å². The predicted octanol–water partition coefficient (Wildman–Crippen LogP) is 4.56. The van der Waals surface area contributed by atoms with E-state index in [2.05, 4.69) is 6.92 Å². The third-order valence-corrected chi connectivity index (χ3v) is 5.63. The highest BCUT2D eigenvalue weighted by Crippen LogP contribution is 2.28. The van der Waals surface area contributed by atoms with Crippen molar-refractivity contribution < 1.29 is 9.18 Å². The van der Waals surface area contributed by atoms with E-state index in [9.17, 15) is 9.18 Å². The molecular formula is C23H26FN3O. The minimum absolute atomic E-state index is 0.134. The summed E-state index contributed by atoms with van der Waals surface area (Å²) < 4.78 is 15.8. The van der Waals surface area contributed by atoms with Crippen LogP contribution in [-0.4, -0.2) is 33.3 Å². The number of pyridine rings is 1. The monoisotopic (exact) mass is 379 g/mol. The van der Waals surface area contributed by atoms with Crippen LogP contribution in [0.25, 0.3) is 16.9 Å². The fourth-order valence-electron chi connectivity index (χ4n) is 4.06. The van der Waals surface area contributed by atoms with Crippen molar-refractivity contribution in [2.24, 2.45) is 5.92 Å². The van der Waals surface area contributed by atoms with Gasteiger partial charge in [-0.15, -0.1) is 0 Å². The highest BCUT2D eigenvalue weighted by molar-refractivity contribution is 5.82. The molecule has 0 aliphatic carbocycles. The van der Waals surface area contributed by atoms with Gasteiger partial charge in [0, 0.05) is 24.8 Å². The second kappa shape index (κ2) is 7.38. The van der Waals surface area contributed by atoms with Crippen LogP contribution < -0.4 is 0 Å². The Hall–Kier alpha value is -2.69. The zero-order valence-corrected chi connectivity index (χ0v) is 16.7. The van der Waals surface area contributed by atoms with Gasteiger partial charge in [-0.05, 0) is 68.0 Å². The first kappa shape index (κ1) is 18.7. The number of aryl methyl sites for hydroxylation is 2. The van der Waals surface area contributed by atoms with Crippen LogP contribution in [0.1, 0.15) is 36.6 Å². The lowest BCUT2D eigenvalue weighted by atomic mass is 9.99. The van der Waals surface area contributed by atoms with E-state index in [0.717, 1.165) is 47.7 Å². The molecule has 146 valence electrons. The van der Waals surface area contributed by atoms with Gasteiger partial charge in [-0.3, -0.25) is 4.79 Å². The lowest BCUT2D eigenvalue weighted by molar-refractivity contribution is -0.132. The summed E-state index contributed by atoms with van der Waals surface area (Å²) in [6.45, 7) is 7.62. The van der Waals surface area contributed by atoms with E-state index in [-0.39, 0.29) is 11.7 Å². The number of fused-ring (bicyclic) bond motifs is 1. The molecule has 28 heavy (non-hydrogen) atoms. The number of hydrogen-bond acceptors (Lipinski definition) is 2. The molecule has 1 atom stereocenters. The molecule has 0 radical (unpaired) electrons. The number of carbonyl (C=O) groups is 1. The highest BCUT2D eigenvalue weighted by Gasteiger charge is 2.24. The van der Waals surface area contributed by atoms with Crippen molar-refractivity contribution in [1.29, 1.82) is 0 Å². The summed E-state index contributed by atoms with van der Waals surface area (Å²) in [5.74, 6) is 0.444. The predicted molar refractivity (Wildman–Crippen MR) is 109 cm³/mol. The summed E-state index contributed by atoms with van der Waals surface area (Å²) in [5, 5.41) is 0. The van der Waals surface area contributed by atoms with Crippen LogP contribution in [-0.2, 0) is 11.2 Å². The standard InChI is InChI=1S/C23H26FN3O/c1-15-5-4-10-26(13-15)22(28)12-20-23(18-7-8-19(24)17(3)11-18)25-21-9-6-16(2)14-27(20)21/h6-9,11,14-15H,4-5,10,12-13H2,1-3H3. The van der Waals surface area contributed by atoms with Crippen molar-refractivity contribution in [3.8, 4) is 11.3 Å². The summed E-state index contributed by atoms with van der Waals surface area (Å²) in [4.78, 5) is 19.8. The Morgan fingerprint density at radius 1 is 1.25 bits per heavy atom. The number of piperidine rings is 1. The van der Waals surface area contributed by atoms with E-state index >= 15 is 0 Å². The Labute approximate surface area is 165 Å². The summed E-state index contributed by atoms with van der Waals surface area (Å²) in [5.41, 5.74) is 4.95. The van der Waals surface area contributed by atoms with Crippen LogP contribution in [0.15, 0.2) is 36.5 Å². The number of rotatable bonds is 3. The van der Waals surface area contributed by atoms with Gasteiger partial charge in [-0.2, -0.15) is 0 Å². The number of amides is 1. The van der Waals surface area contributed by atoms with Gasteiger partial charge in [-0.1, -0.05) is 13.0 Å². The van der Waals surface area contributed by atoms with Gasteiger partial charge in [0.1, 0.15) is 11.5 Å². The second-order valence-electron chi connectivity index (χ2n) is 8.07. The number of imidazole rings is 1. The van der Waals surface area contributed by atoms with Crippen molar-refractivity contribution in [3.05, 3.63) is 59.2 Å². The lowest BCUT2D eigenvalue weighted by Crippen LogP contribution is -2.40. The van der Waals surface area contributed by atoms with Crippen molar-refractivity contribution in [2.45, 2.75) is 40.0 Å². The van der Waals surface area contributed by atoms with Crippen LogP contribution in [0.2, 0.25) is 0 Å². The molecule has 3 aromatic rings. The Morgan fingerprint density at radius 2 is 2.07 bits per heavy atom. The molecule has 4 rings (SSSR count). The number of hydrogen-bond donors (Lipinski definition) is 0. The number of benzene rings is 1. The van der Waals surface area contributed by atoms with Crippen LogP contribution in [0.3, 0.4) is 0 Å². The topological polar surface area (TPSA) is 37.6 Å². The first-order valence-corrected chi connectivity index (χ1v) is 9.94. The molecule has 2 aromatic heterocycles. The Balaban J connectivity index is 1.77. The normalized spacial score (nSPS) is 17.3. The van der Waals surface area contributed by atoms with Crippen molar-refractivity contribution in [1.82, 2.24) is 14.3 Å². The average Bonchev–Trinajstić information content (AvgIpc) is 3.01. The Bertz CT molecular complexity index is 1040. The van der Waals surface area contributed by atoms with Gasteiger partial charge >= 0.3 is 0 Å². The second-order valence-corrected chi connectivity index (χ2v) is 8.07. The lowest BCUT2D eigenvalue weighted by Gasteiger charge is -2.31. The molecule has 1 fully saturated rings. The van der Waals surface area contributed by atoms with Gasteiger partial charge in [-0.25, -0.2) is 9.37 Å².